The monoisotopic (exact) mass is 138 g/mol. The molecule has 1 aliphatic rings. The molecule has 0 unspecified atom stereocenters. The summed E-state index contributed by atoms with van der Waals surface area (Å²) in [6.45, 7) is 0.809. The zero-order valence-electron chi connectivity index (χ0n) is 5.39. The lowest BCUT2D eigenvalue weighted by Crippen LogP contribution is -1.92. The van der Waals surface area contributed by atoms with E-state index in [0.29, 0.717) is 5.82 Å². The minimum Gasteiger partial charge on any atom is -0.369 e. The Labute approximate surface area is 58.1 Å². The van der Waals surface area contributed by atoms with Gasteiger partial charge in [-0.05, 0) is 12.5 Å². The van der Waals surface area contributed by atoms with Gasteiger partial charge in [0.05, 0.1) is 0 Å². The van der Waals surface area contributed by atoms with E-state index in [1.54, 1.807) is 0 Å². The van der Waals surface area contributed by atoms with E-state index in [9.17, 15) is 4.39 Å². The summed E-state index contributed by atoms with van der Waals surface area (Å²) in [5.74, 6) is 0.565. The molecule has 1 aliphatic heterocycles. The van der Waals surface area contributed by atoms with E-state index in [1.807, 2.05) is 0 Å². The van der Waals surface area contributed by atoms with Crippen molar-refractivity contribution < 1.29 is 4.39 Å². The molecule has 0 aromatic carbocycles. The molecule has 0 fully saturated rings. The number of anilines is 1. The first-order valence-electron chi connectivity index (χ1n) is 3.25. The molecule has 10 heavy (non-hydrogen) atoms. The van der Waals surface area contributed by atoms with Crippen molar-refractivity contribution in [2.24, 2.45) is 0 Å². The topological polar surface area (TPSA) is 24.9 Å². The molecule has 0 spiro atoms. The first-order valence-corrected chi connectivity index (χ1v) is 3.25. The number of aromatic nitrogens is 1. The van der Waals surface area contributed by atoms with E-state index in [0.717, 1.165) is 18.5 Å². The van der Waals surface area contributed by atoms with Crippen LogP contribution in [-0.4, -0.2) is 11.5 Å². The highest BCUT2D eigenvalue weighted by atomic mass is 19.1. The second-order valence-electron chi connectivity index (χ2n) is 2.30. The normalized spacial score (nSPS) is 14.5. The van der Waals surface area contributed by atoms with Crippen molar-refractivity contribution in [1.82, 2.24) is 4.98 Å². The number of pyridine rings is 1. The number of fused-ring (bicyclic) bond motifs is 1. The fourth-order valence-electron chi connectivity index (χ4n) is 1.16. The van der Waals surface area contributed by atoms with E-state index in [4.69, 9.17) is 0 Å². The van der Waals surface area contributed by atoms with Gasteiger partial charge in [-0.3, -0.25) is 0 Å². The van der Waals surface area contributed by atoms with Gasteiger partial charge in [0.1, 0.15) is 11.6 Å². The lowest BCUT2D eigenvalue weighted by Gasteiger charge is -1.96. The predicted octanol–water partition coefficient (Wildman–Crippen LogP) is 1.19. The summed E-state index contributed by atoms with van der Waals surface area (Å²) in [6, 6.07) is 1.39. The summed E-state index contributed by atoms with van der Waals surface area (Å²) in [5.41, 5.74) is 0.725. The van der Waals surface area contributed by atoms with Gasteiger partial charge in [-0.25, -0.2) is 9.37 Å². The van der Waals surface area contributed by atoms with Crippen molar-refractivity contribution in [3.05, 3.63) is 23.6 Å². The molecule has 0 bridgehead atoms. The minimum absolute atomic E-state index is 0.144. The molecule has 0 saturated carbocycles. The molecular formula is C7H7FN2. The van der Waals surface area contributed by atoms with Crippen molar-refractivity contribution in [1.29, 1.82) is 0 Å². The fraction of sp³-hybridized carbons (Fsp3) is 0.286. The van der Waals surface area contributed by atoms with Crippen LogP contribution in [0.5, 0.6) is 0 Å². The van der Waals surface area contributed by atoms with Gasteiger partial charge in [0.2, 0.25) is 0 Å². The Morgan fingerprint density at radius 1 is 1.60 bits per heavy atom. The van der Waals surface area contributed by atoms with Crippen LogP contribution in [-0.2, 0) is 6.42 Å². The second kappa shape index (κ2) is 1.94. The number of rotatable bonds is 0. The molecule has 52 valence electrons. The summed E-state index contributed by atoms with van der Waals surface area (Å²) in [7, 11) is 0. The van der Waals surface area contributed by atoms with Gasteiger partial charge in [-0.1, -0.05) is 0 Å². The first-order chi connectivity index (χ1) is 4.88. The maximum absolute atomic E-state index is 12.8. The number of nitrogens with one attached hydrogen (secondary N) is 1. The molecule has 2 heterocycles. The molecule has 0 atom stereocenters. The zero-order chi connectivity index (χ0) is 6.97. The number of hydrogen-bond donors (Lipinski definition) is 1. The average Bonchev–Trinajstić information content (AvgIpc) is 2.36. The minimum atomic E-state index is -0.144. The maximum Gasteiger partial charge on any atom is 0.132 e. The lowest BCUT2D eigenvalue weighted by atomic mass is 10.2. The molecule has 1 aromatic rings. The van der Waals surface area contributed by atoms with E-state index in [1.165, 1.54) is 12.3 Å². The predicted molar refractivity (Wildman–Crippen MR) is 36.4 cm³/mol. The molecular weight excluding hydrogens is 131 g/mol. The second-order valence-corrected chi connectivity index (χ2v) is 2.30. The van der Waals surface area contributed by atoms with Crippen LogP contribution in [0.3, 0.4) is 0 Å². The van der Waals surface area contributed by atoms with Crippen LogP contribution in [0, 0.1) is 5.82 Å². The highest BCUT2D eigenvalue weighted by Gasteiger charge is 2.14. The Balaban J connectivity index is 2.59. The number of nitrogens with zero attached hydrogens (tertiary/aromatic N) is 1. The van der Waals surface area contributed by atoms with Crippen molar-refractivity contribution in [2.75, 3.05) is 11.9 Å². The molecule has 1 aromatic heterocycles. The Morgan fingerprint density at radius 2 is 2.50 bits per heavy atom. The van der Waals surface area contributed by atoms with Crippen LogP contribution in [0.15, 0.2) is 12.3 Å². The Morgan fingerprint density at radius 3 is 3.30 bits per heavy atom. The van der Waals surface area contributed by atoms with Crippen LogP contribution < -0.4 is 5.32 Å². The van der Waals surface area contributed by atoms with Gasteiger partial charge in [0, 0.05) is 18.3 Å². The Kier molecular flexibility index (Phi) is 1.09. The zero-order valence-corrected chi connectivity index (χ0v) is 5.39. The average molecular weight is 138 g/mol. The fourth-order valence-corrected chi connectivity index (χ4v) is 1.16. The van der Waals surface area contributed by atoms with Crippen molar-refractivity contribution in [2.45, 2.75) is 6.42 Å². The van der Waals surface area contributed by atoms with E-state index in [-0.39, 0.29) is 5.82 Å². The van der Waals surface area contributed by atoms with Crippen molar-refractivity contribution >= 4 is 5.82 Å². The van der Waals surface area contributed by atoms with Crippen molar-refractivity contribution in [3.63, 3.8) is 0 Å². The van der Waals surface area contributed by atoms with Gasteiger partial charge < -0.3 is 5.32 Å². The molecule has 0 aliphatic carbocycles. The van der Waals surface area contributed by atoms with Gasteiger partial charge in [-0.15, -0.1) is 0 Å². The van der Waals surface area contributed by atoms with Gasteiger partial charge >= 0.3 is 0 Å². The first kappa shape index (κ1) is 5.65. The Bertz CT molecular complexity index is 260. The highest BCUT2D eigenvalue weighted by Crippen LogP contribution is 2.20. The van der Waals surface area contributed by atoms with Crippen molar-refractivity contribution in [3.8, 4) is 0 Å². The van der Waals surface area contributed by atoms with Crippen LogP contribution in [0.2, 0.25) is 0 Å². The molecule has 0 amide bonds. The van der Waals surface area contributed by atoms with E-state index >= 15 is 0 Å². The van der Waals surface area contributed by atoms with Crippen LogP contribution in [0.25, 0.3) is 0 Å². The summed E-state index contributed by atoms with van der Waals surface area (Å²) >= 11 is 0. The van der Waals surface area contributed by atoms with Crippen LogP contribution in [0.4, 0.5) is 10.2 Å². The summed E-state index contributed by atoms with van der Waals surface area (Å²) in [4.78, 5) is 3.97. The molecule has 3 heteroatoms. The molecule has 2 nitrogen and oxygen atoms in total. The Hall–Kier alpha value is -1.12. The third-order valence-electron chi connectivity index (χ3n) is 1.67. The highest BCUT2D eigenvalue weighted by molar-refractivity contribution is 5.48. The van der Waals surface area contributed by atoms with Gasteiger partial charge in [0.25, 0.3) is 0 Å². The number of halogens is 1. The smallest absolute Gasteiger partial charge is 0.132 e. The van der Waals surface area contributed by atoms with Gasteiger partial charge in [0.15, 0.2) is 0 Å². The van der Waals surface area contributed by atoms with E-state index < -0.39 is 0 Å². The summed E-state index contributed by atoms with van der Waals surface area (Å²) in [5, 5.41) is 2.99. The lowest BCUT2D eigenvalue weighted by molar-refractivity contribution is 0.613. The third kappa shape index (κ3) is 0.667. The van der Waals surface area contributed by atoms with Crippen LogP contribution >= 0.6 is 0 Å². The quantitative estimate of drug-likeness (QED) is 0.582. The summed E-state index contributed by atoms with van der Waals surface area (Å²) in [6.07, 6.45) is 2.24. The van der Waals surface area contributed by atoms with Gasteiger partial charge in [-0.2, -0.15) is 0 Å². The molecule has 0 radical (unpaired) electrons. The molecule has 0 saturated heterocycles. The SMILES string of the molecule is Fc1ccnc2c1CCN2. The standard InChI is InChI=1S/C7H7FN2/c8-6-2-4-10-7-5(6)1-3-9-7/h2,4H,1,3H2,(H,9,10). The maximum atomic E-state index is 12.8. The largest absolute Gasteiger partial charge is 0.369 e. The number of hydrogen-bond acceptors (Lipinski definition) is 2. The van der Waals surface area contributed by atoms with Crippen LogP contribution in [0.1, 0.15) is 5.56 Å². The molecule has 2 rings (SSSR count). The van der Waals surface area contributed by atoms with E-state index in [2.05, 4.69) is 10.3 Å². The molecule has 1 N–H and O–H groups in total. The summed E-state index contributed by atoms with van der Waals surface area (Å²) < 4.78 is 12.8. The third-order valence-corrected chi connectivity index (χ3v) is 1.67.